The minimum Gasteiger partial charge on any atom is -0.377 e. The lowest BCUT2D eigenvalue weighted by molar-refractivity contribution is -0.00850. The molecule has 0 aliphatic heterocycles. The molecule has 2 unspecified atom stereocenters. The van der Waals surface area contributed by atoms with E-state index in [1.54, 1.807) is 0 Å². The quantitative estimate of drug-likeness (QED) is 0.405. The number of aliphatic hydroxyl groups excluding tert-OH is 1. The van der Waals surface area contributed by atoms with Gasteiger partial charge in [0.2, 0.25) is 0 Å². The molecule has 0 bridgehead atoms. The largest absolute Gasteiger partial charge is 0.377 e. The third kappa shape index (κ3) is 6.15. The smallest absolute Gasteiger partial charge is 0.123 e. The predicted molar refractivity (Wildman–Crippen MR) is 93.0 cm³/mol. The lowest BCUT2D eigenvalue weighted by atomic mass is 9.79. The van der Waals surface area contributed by atoms with Gasteiger partial charge in [0.1, 0.15) is 6.23 Å². The molecule has 3 N–H and O–H groups in total. The standard InChI is InChI=1S/C18H38N2O2/c1-5-15(4)22-14-13-19-17(21)18(11-9-8-10-12-18)20-16(6-2)7-3/h15-17,19-21H,5-14H2,1-4H3. The average molecular weight is 315 g/mol. The summed E-state index contributed by atoms with van der Waals surface area (Å²) in [5.41, 5.74) is -0.161. The molecule has 0 amide bonds. The Labute approximate surface area is 137 Å². The van der Waals surface area contributed by atoms with E-state index in [9.17, 15) is 5.11 Å². The first-order valence-corrected chi connectivity index (χ1v) is 9.38. The van der Waals surface area contributed by atoms with Crippen molar-refractivity contribution < 1.29 is 9.84 Å². The van der Waals surface area contributed by atoms with Gasteiger partial charge in [-0.2, -0.15) is 0 Å². The highest BCUT2D eigenvalue weighted by atomic mass is 16.5. The summed E-state index contributed by atoms with van der Waals surface area (Å²) in [6, 6.07) is 0.492. The van der Waals surface area contributed by atoms with E-state index in [1.165, 1.54) is 19.3 Å². The van der Waals surface area contributed by atoms with Crippen LogP contribution in [0.25, 0.3) is 0 Å². The number of hydrogen-bond acceptors (Lipinski definition) is 4. The Bertz CT molecular complexity index is 276. The van der Waals surface area contributed by atoms with Gasteiger partial charge in [-0.3, -0.25) is 5.32 Å². The van der Waals surface area contributed by atoms with Crippen molar-refractivity contribution in [3.05, 3.63) is 0 Å². The van der Waals surface area contributed by atoms with E-state index >= 15 is 0 Å². The second-order valence-corrected chi connectivity index (χ2v) is 6.82. The van der Waals surface area contributed by atoms with Gasteiger partial charge in [-0.1, -0.05) is 40.0 Å². The van der Waals surface area contributed by atoms with Crippen molar-refractivity contribution in [1.82, 2.24) is 10.6 Å². The Hall–Kier alpha value is -0.160. The van der Waals surface area contributed by atoms with Crippen LogP contribution in [0.3, 0.4) is 0 Å². The van der Waals surface area contributed by atoms with Crippen LogP contribution in [-0.2, 0) is 4.74 Å². The zero-order chi connectivity index (χ0) is 16.4. The topological polar surface area (TPSA) is 53.5 Å². The highest BCUT2D eigenvalue weighted by molar-refractivity contribution is 4.97. The van der Waals surface area contributed by atoms with E-state index in [4.69, 9.17) is 4.74 Å². The summed E-state index contributed by atoms with van der Waals surface area (Å²) in [6.45, 7) is 10.0. The molecule has 0 aromatic heterocycles. The summed E-state index contributed by atoms with van der Waals surface area (Å²) < 4.78 is 5.69. The number of aliphatic hydroxyl groups is 1. The van der Waals surface area contributed by atoms with Crippen LogP contribution in [0.5, 0.6) is 0 Å². The van der Waals surface area contributed by atoms with E-state index in [-0.39, 0.29) is 5.54 Å². The van der Waals surface area contributed by atoms with Gasteiger partial charge in [0.25, 0.3) is 0 Å². The zero-order valence-electron chi connectivity index (χ0n) is 15.2. The van der Waals surface area contributed by atoms with Crippen molar-refractivity contribution >= 4 is 0 Å². The Morgan fingerprint density at radius 2 is 1.68 bits per heavy atom. The van der Waals surface area contributed by atoms with Crippen LogP contribution in [0.2, 0.25) is 0 Å². The van der Waals surface area contributed by atoms with Gasteiger partial charge in [0.15, 0.2) is 0 Å². The highest BCUT2D eigenvalue weighted by Crippen LogP contribution is 2.31. The second-order valence-electron chi connectivity index (χ2n) is 6.82. The Morgan fingerprint density at radius 3 is 2.23 bits per heavy atom. The lowest BCUT2D eigenvalue weighted by Gasteiger charge is -2.44. The fourth-order valence-corrected chi connectivity index (χ4v) is 3.35. The van der Waals surface area contributed by atoms with Gasteiger partial charge in [0, 0.05) is 12.6 Å². The second kappa shape index (κ2) is 10.6. The molecule has 0 heterocycles. The maximum absolute atomic E-state index is 10.8. The van der Waals surface area contributed by atoms with Gasteiger partial charge in [0.05, 0.1) is 18.2 Å². The van der Waals surface area contributed by atoms with Crippen molar-refractivity contribution in [1.29, 1.82) is 0 Å². The minimum absolute atomic E-state index is 0.161. The van der Waals surface area contributed by atoms with Crippen LogP contribution in [0.15, 0.2) is 0 Å². The molecule has 0 radical (unpaired) electrons. The van der Waals surface area contributed by atoms with Crippen molar-refractivity contribution in [2.24, 2.45) is 0 Å². The number of nitrogens with one attached hydrogen (secondary N) is 2. The van der Waals surface area contributed by atoms with E-state index < -0.39 is 6.23 Å². The number of rotatable bonds is 11. The molecule has 0 spiro atoms. The van der Waals surface area contributed by atoms with Crippen molar-refractivity contribution in [2.75, 3.05) is 13.2 Å². The van der Waals surface area contributed by atoms with Crippen LogP contribution in [0.4, 0.5) is 0 Å². The van der Waals surface area contributed by atoms with Crippen molar-refractivity contribution in [3.63, 3.8) is 0 Å². The molecule has 0 aromatic carbocycles. The molecule has 1 fully saturated rings. The summed E-state index contributed by atoms with van der Waals surface area (Å²) in [7, 11) is 0. The first-order chi connectivity index (χ1) is 10.6. The molecule has 1 aliphatic carbocycles. The maximum Gasteiger partial charge on any atom is 0.123 e. The molecule has 0 saturated heterocycles. The fraction of sp³-hybridized carbons (Fsp3) is 1.00. The zero-order valence-corrected chi connectivity index (χ0v) is 15.2. The maximum atomic E-state index is 10.8. The molecule has 1 rings (SSSR count). The van der Waals surface area contributed by atoms with Crippen LogP contribution in [0, 0.1) is 0 Å². The van der Waals surface area contributed by atoms with Gasteiger partial charge >= 0.3 is 0 Å². The molecular formula is C18H38N2O2. The summed E-state index contributed by atoms with van der Waals surface area (Å²) >= 11 is 0. The van der Waals surface area contributed by atoms with Gasteiger partial charge in [-0.15, -0.1) is 0 Å². The van der Waals surface area contributed by atoms with E-state index in [0.29, 0.717) is 25.3 Å². The summed E-state index contributed by atoms with van der Waals surface area (Å²) in [5.74, 6) is 0. The third-order valence-electron chi connectivity index (χ3n) is 5.16. The van der Waals surface area contributed by atoms with Crippen LogP contribution >= 0.6 is 0 Å². The van der Waals surface area contributed by atoms with Crippen molar-refractivity contribution in [3.8, 4) is 0 Å². The molecule has 1 saturated carbocycles. The molecule has 1 aliphatic rings. The minimum atomic E-state index is -0.492. The summed E-state index contributed by atoms with van der Waals surface area (Å²) in [6.07, 6.45) is 8.88. The summed E-state index contributed by atoms with van der Waals surface area (Å²) in [4.78, 5) is 0. The van der Waals surface area contributed by atoms with Gasteiger partial charge in [-0.25, -0.2) is 0 Å². The van der Waals surface area contributed by atoms with Gasteiger partial charge in [-0.05, 0) is 39.0 Å². The number of hydrogen-bond donors (Lipinski definition) is 3. The molecule has 0 aromatic rings. The SMILES string of the molecule is CCC(CC)NC1(C(O)NCCOC(C)CC)CCCCC1. The Morgan fingerprint density at radius 1 is 1.05 bits per heavy atom. The van der Waals surface area contributed by atoms with Crippen molar-refractivity contribution in [2.45, 2.75) is 103 Å². The third-order valence-corrected chi connectivity index (χ3v) is 5.16. The average Bonchev–Trinajstić information content (AvgIpc) is 2.56. The first-order valence-electron chi connectivity index (χ1n) is 9.38. The lowest BCUT2D eigenvalue weighted by Crippen LogP contribution is -2.63. The first kappa shape index (κ1) is 19.9. The monoisotopic (exact) mass is 314 g/mol. The molecule has 2 atom stereocenters. The van der Waals surface area contributed by atoms with Crippen LogP contribution in [0.1, 0.15) is 79.1 Å². The van der Waals surface area contributed by atoms with Gasteiger partial charge < -0.3 is 15.2 Å². The molecular weight excluding hydrogens is 276 g/mol. The van der Waals surface area contributed by atoms with E-state index in [2.05, 4.69) is 38.3 Å². The normalized spacial score (nSPS) is 21.0. The van der Waals surface area contributed by atoms with E-state index in [1.807, 2.05) is 0 Å². The van der Waals surface area contributed by atoms with Crippen LogP contribution < -0.4 is 10.6 Å². The molecule has 132 valence electrons. The molecule has 4 nitrogen and oxygen atoms in total. The predicted octanol–water partition coefficient (Wildman–Crippen LogP) is 3.19. The molecule has 4 heteroatoms. The Balaban J connectivity index is 2.51. The highest BCUT2D eigenvalue weighted by Gasteiger charge is 2.39. The number of ether oxygens (including phenoxy) is 1. The Kier molecular flexibility index (Phi) is 9.57. The van der Waals surface area contributed by atoms with Crippen LogP contribution in [-0.4, -0.2) is 42.2 Å². The summed E-state index contributed by atoms with van der Waals surface area (Å²) in [5, 5.41) is 17.8. The van der Waals surface area contributed by atoms with E-state index in [0.717, 1.165) is 32.1 Å². The molecule has 22 heavy (non-hydrogen) atoms. The fourth-order valence-electron chi connectivity index (χ4n) is 3.35.